The molecule has 0 bridgehead atoms. The fourth-order valence-electron chi connectivity index (χ4n) is 2.78. The number of rotatable bonds is 2. The van der Waals surface area contributed by atoms with E-state index in [0.717, 1.165) is 43.1 Å². The van der Waals surface area contributed by atoms with Gasteiger partial charge in [-0.1, -0.05) is 6.92 Å². The van der Waals surface area contributed by atoms with E-state index in [2.05, 4.69) is 35.8 Å². The van der Waals surface area contributed by atoms with Gasteiger partial charge in [0.15, 0.2) is 0 Å². The van der Waals surface area contributed by atoms with Crippen LogP contribution in [-0.4, -0.2) is 53.5 Å². The SMILES string of the molecule is CCc1c(C)nc(C2CN(C)CCCN2C)nc1N. The van der Waals surface area contributed by atoms with Gasteiger partial charge in [-0.2, -0.15) is 0 Å². The molecule has 1 fully saturated rings. The fourth-order valence-corrected chi connectivity index (χ4v) is 2.78. The van der Waals surface area contributed by atoms with Crippen molar-refractivity contribution in [3.05, 3.63) is 17.1 Å². The number of nitrogen functional groups attached to an aromatic ring is 1. The second-order valence-electron chi connectivity index (χ2n) is 5.50. The van der Waals surface area contributed by atoms with Crippen molar-refractivity contribution < 1.29 is 0 Å². The van der Waals surface area contributed by atoms with Crippen molar-refractivity contribution in [2.75, 3.05) is 39.5 Å². The second kappa shape index (κ2) is 5.84. The van der Waals surface area contributed by atoms with E-state index in [9.17, 15) is 0 Å². The van der Waals surface area contributed by atoms with Crippen LogP contribution >= 0.6 is 0 Å². The number of nitrogens with two attached hydrogens (primary N) is 1. The zero-order chi connectivity index (χ0) is 14.0. The van der Waals surface area contributed by atoms with Crippen molar-refractivity contribution in [1.29, 1.82) is 0 Å². The number of hydrogen-bond donors (Lipinski definition) is 1. The Labute approximate surface area is 115 Å². The summed E-state index contributed by atoms with van der Waals surface area (Å²) < 4.78 is 0. The summed E-state index contributed by atoms with van der Waals surface area (Å²) in [7, 11) is 4.30. The summed E-state index contributed by atoms with van der Waals surface area (Å²) in [6.07, 6.45) is 2.07. The molecular weight excluding hydrogens is 238 g/mol. The predicted molar refractivity (Wildman–Crippen MR) is 78.0 cm³/mol. The summed E-state index contributed by atoms with van der Waals surface area (Å²) in [6, 6.07) is 0.236. The van der Waals surface area contributed by atoms with Crippen LogP contribution in [0.4, 0.5) is 5.82 Å². The van der Waals surface area contributed by atoms with E-state index >= 15 is 0 Å². The lowest BCUT2D eigenvalue weighted by Gasteiger charge is -2.26. The van der Waals surface area contributed by atoms with Crippen LogP contribution in [0.5, 0.6) is 0 Å². The van der Waals surface area contributed by atoms with Crippen molar-refractivity contribution in [2.45, 2.75) is 32.7 Å². The van der Waals surface area contributed by atoms with Crippen LogP contribution in [0.2, 0.25) is 0 Å². The average molecular weight is 263 g/mol. The summed E-state index contributed by atoms with van der Waals surface area (Å²) in [5.74, 6) is 1.51. The Hall–Kier alpha value is -1.20. The largest absolute Gasteiger partial charge is 0.383 e. The minimum absolute atomic E-state index is 0.236. The van der Waals surface area contributed by atoms with E-state index in [1.54, 1.807) is 0 Å². The summed E-state index contributed by atoms with van der Waals surface area (Å²) in [5, 5.41) is 0. The Balaban J connectivity index is 2.34. The van der Waals surface area contributed by atoms with Gasteiger partial charge in [0.25, 0.3) is 0 Å². The van der Waals surface area contributed by atoms with Gasteiger partial charge in [0.2, 0.25) is 0 Å². The molecule has 1 aromatic rings. The normalized spacial score (nSPS) is 22.4. The molecule has 0 aromatic carbocycles. The van der Waals surface area contributed by atoms with E-state index in [-0.39, 0.29) is 6.04 Å². The maximum atomic E-state index is 6.08. The molecule has 1 aromatic heterocycles. The summed E-state index contributed by atoms with van der Waals surface area (Å²) in [6.45, 7) is 7.28. The highest BCUT2D eigenvalue weighted by molar-refractivity contribution is 5.42. The zero-order valence-electron chi connectivity index (χ0n) is 12.5. The van der Waals surface area contributed by atoms with Gasteiger partial charge >= 0.3 is 0 Å². The molecule has 1 aliphatic heterocycles. The van der Waals surface area contributed by atoms with Crippen LogP contribution in [0.1, 0.15) is 36.5 Å². The monoisotopic (exact) mass is 263 g/mol. The van der Waals surface area contributed by atoms with Crippen LogP contribution < -0.4 is 5.73 Å². The average Bonchev–Trinajstić information content (AvgIpc) is 2.51. The number of nitrogens with zero attached hydrogens (tertiary/aromatic N) is 4. The topological polar surface area (TPSA) is 58.3 Å². The lowest BCUT2D eigenvalue weighted by molar-refractivity contribution is 0.219. The predicted octanol–water partition coefficient (Wildman–Crippen LogP) is 1.24. The van der Waals surface area contributed by atoms with E-state index < -0.39 is 0 Å². The molecule has 106 valence electrons. The Morgan fingerprint density at radius 3 is 2.63 bits per heavy atom. The first-order valence-corrected chi connectivity index (χ1v) is 7.04. The quantitative estimate of drug-likeness (QED) is 0.870. The maximum Gasteiger partial charge on any atom is 0.149 e. The molecule has 19 heavy (non-hydrogen) atoms. The van der Waals surface area contributed by atoms with Crippen LogP contribution in [-0.2, 0) is 6.42 Å². The Kier molecular flexibility index (Phi) is 4.37. The third kappa shape index (κ3) is 3.04. The fraction of sp³-hybridized carbons (Fsp3) is 0.714. The van der Waals surface area contributed by atoms with E-state index in [1.807, 2.05) is 6.92 Å². The maximum absolute atomic E-state index is 6.08. The smallest absolute Gasteiger partial charge is 0.149 e. The Bertz CT molecular complexity index is 422. The van der Waals surface area contributed by atoms with Crippen molar-refractivity contribution in [3.8, 4) is 0 Å². The van der Waals surface area contributed by atoms with Gasteiger partial charge in [0.1, 0.15) is 11.6 Å². The lowest BCUT2D eigenvalue weighted by Crippen LogP contribution is -2.32. The van der Waals surface area contributed by atoms with Crippen LogP contribution in [0.3, 0.4) is 0 Å². The molecule has 0 saturated carbocycles. The highest BCUT2D eigenvalue weighted by atomic mass is 15.2. The molecule has 2 N–H and O–H groups in total. The number of aryl methyl sites for hydroxylation is 1. The van der Waals surface area contributed by atoms with Gasteiger partial charge in [-0.25, -0.2) is 9.97 Å². The first-order chi connectivity index (χ1) is 9.02. The zero-order valence-corrected chi connectivity index (χ0v) is 12.5. The second-order valence-corrected chi connectivity index (χ2v) is 5.50. The van der Waals surface area contributed by atoms with Gasteiger partial charge in [-0.15, -0.1) is 0 Å². The van der Waals surface area contributed by atoms with Crippen LogP contribution in [0.15, 0.2) is 0 Å². The number of likely N-dealkylation sites (N-methyl/N-ethyl adjacent to an activating group) is 2. The van der Waals surface area contributed by atoms with E-state index in [1.165, 1.54) is 6.42 Å². The molecule has 5 heteroatoms. The van der Waals surface area contributed by atoms with Gasteiger partial charge in [0, 0.05) is 17.8 Å². The number of anilines is 1. The molecule has 0 spiro atoms. The standard InChI is InChI=1S/C14H25N5/c1-5-11-10(2)16-14(17-13(11)15)12-9-18(3)7-6-8-19(12)4/h12H,5-9H2,1-4H3,(H2,15,16,17). The molecule has 5 nitrogen and oxygen atoms in total. The third-order valence-electron chi connectivity index (χ3n) is 3.98. The van der Waals surface area contributed by atoms with Crippen molar-refractivity contribution in [1.82, 2.24) is 19.8 Å². The highest BCUT2D eigenvalue weighted by Gasteiger charge is 2.25. The minimum Gasteiger partial charge on any atom is -0.383 e. The van der Waals surface area contributed by atoms with E-state index in [0.29, 0.717) is 5.82 Å². The first-order valence-electron chi connectivity index (χ1n) is 7.04. The van der Waals surface area contributed by atoms with Crippen LogP contribution in [0.25, 0.3) is 0 Å². The molecule has 2 rings (SSSR count). The molecule has 0 aliphatic carbocycles. The molecule has 2 heterocycles. The Morgan fingerprint density at radius 2 is 2.00 bits per heavy atom. The summed E-state index contributed by atoms with van der Waals surface area (Å²) >= 11 is 0. The molecular formula is C14H25N5. The third-order valence-corrected chi connectivity index (χ3v) is 3.98. The van der Waals surface area contributed by atoms with Crippen molar-refractivity contribution in [3.63, 3.8) is 0 Å². The Morgan fingerprint density at radius 1 is 1.26 bits per heavy atom. The minimum atomic E-state index is 0.236. The molecule has 1 aliphatic rings. The number of hydrogen-bond acceptors (Lipinski definition) is 5. The first kappa shape index (κ1) is 14.2. The van der Waals surface area contributed by atoms with Gasteiger partial charge in [-0.3, -0.25) is 4.90 Å². The van der Waals surface area contributed by atoms with Gasteiger partial charge < -0.3 is 10.6 Å². The molecule has 0 amide bonds. The molecule has 0 radical (unpaired) electrons. The lowest BCUT2D eigenvalue weighted by atomic mass is 10.1. The summed E-state index contributed by atoms with van der Waals surface area (Å²) in [4.78, 5) is 13.9. The van der Waals surface area contributed by atoms with Gasteiger partial charge in [-0.05, 0) is 47.0 Å². The summed E-state index contributed by atoms with van der Waals surface area (Å²) in [5.41, 5.74) is 8.17. The van der Waals surface area contributed by atoms with Crippen molar-refractivity contribution >= 4 is 5.82 Å². The van der Waals surface area contributed by atoms with Gasteiger partial charge in [0.05, 0.1) is 6.04 Å². The molecule has 1 saturated heterocycles. The number of aromatic nitrogens is 2. The van der Waals surface area contributed by atoms with Crippen LogP contribution in [0, 0.1) is 6.92 Å². The molecule has 1 atom stereocenters. The van der Waals surface area contributed by atoms with Crippen molar-refractivity contribution in [2.24, 2.45) is 0 Å². The molecule has 1 unspecified atom stereocenters. The van der Waals surface area contributed by atoms with E-state index in [4.69, 9.17) is 10.7 Å². The highest BCUT2D eigenvalue weighted by Crippen LogP contribution is 2.23.